The summed E-state index contributed by atoms with van der Waals surface area (Å²) >= 11 is 6.02. The SMILES string of the molecule is CC(C)COc1ccc(Cl)cc1Cc1ccc(C(=O)O)o1. The van der Waals surface area contributed by atoms with Crippen LogP contribution in [0.15, 0.2) is 34.7 Å². The minimum Gasteiger partial charge on any atom is -0.493 e. The van der Waals surface area contributed by atoms with Crippen molar-refractivity contribution in [3.8, 4) is 5.75 Å². The van der Waals surface area contributed by atoms with E-state index in [2.05, 4.69) is 13.8 Å². The Morgan fingerprint density at radius 1 is 1.33 bits per heavy atom. The highest BCUT2D eigenvalue weighted by atomic mass is 35.5. The fourth-order valence-electron chi connectivity index (χ4n) is 1.86. The summed E-state index contributed by atoms with van der Waals surface area (Å²) in [5, 5.41) is 9.47. The van der Waals surface area contributed by atoms with Gasteiger partial charge in [-0.15, -0.1) is 0 Å². The molecule has 0 bridgehead atoms. The summed E-state index contributed by atoms with van der Waals surface area (Å²) in [6.45, 7) is 4.75. The van der Waals surface area contributed by atoms with Crippen LogP contribution in [0.2, 0.25) is 5.02 Å². The maximum Gasteiger partial charge on any atom is 0.371 e. The molecule has 1 aromatic heterocycles. The van der Waals surface area contributed by atoms with Gasteiger partial charge in [-0.1, -0.05) is 25.4 Å². The van der Waals surface area contributed by atoms with E-state index in [9.17, 15) is 4.79 Å². The summed E-state index contributed by atoms with van der Waals surface area (Å²) in [5.74, 6) is 0.557. The molecule has 1 heterocycles. The van der Waals surface area contributed by atoms with E-state index in [1.165, 1.54) is 6.07 Å². The van der Waals surface area contributed by atoms with E-state index in [-0.39, 0.29) is 5.76 Å². The molecule has 0 radical (unpaired) electrons. The molecule has 1 aromatic carbocycles. The second-order valence-electron chi connectivity index (χ2n) is 5.20. The second kappa shape index (κ2) is 6.68. The Balaban J connectivity index is 2.20. The van der Waals surface area contributed by atoms with Crippen molar-refractivity contribution in [1.29, 1.82) is 0 Å². The second-order valence-corrected chi connectivity index (χ2v) is 5.64. The maximum atomic E-state index is 10.8. The van der Waals surface area contributed by atoms with Crippen molar-refractivity contribution < 1.29 is 19.1 Å². The first kappa shape index (κ1) is 15.4. The van der Waals surface area contributed by atoms with E-state index in [1.807, 2.05) is 6.07 Å². The van der Waals surface area contributed by atoms with Gasteiger partial charge in [-0.3, -0.25) is 0 Å². The van der Waals surface area contributed by atoms with Crippen molar-refractivity contribution in [3.63, 3.8) is 0 Å². The van der Waals surface area contributed by atoms with Gasteiger partial charge in [-0.25, -0.2) is 4.79 Å². The first-order valence-electron chi connectivity index (χ1n) is 6.69. The molecule has 0 aliphatic rings. The zero-order valence-corrected chi connectivity index (χ0v) is 12.7. The highest BCUT2D eigenvalue weighted by Gasteiger charge is 2.12. The number of furan rings is 1. The third kappa shape index (κ3) is 4.26. The lowest BCUT2D eigenvalue weighted by atomic mass is 10.1. The van der Waals surface area contributed by atoms with E-state index in [1.54, 1.807) is 18.2 Å². The van der Waals surface area contributed by atoms with Crippen LogP contribution in [-0.2, 0) is 6.42 Å². The van der Waals surface area contributed by atoms with Crippen LogP contribution < -0.4 is 4.74 Å². The standard InChI is InChI=1S/C16H17ClO4/c1-10(2)9-20-14-5-3-12(17)7-11(14)8-13-4-6-15(21-13)16(18)19/h3-7,10H,8-9H2,1-2H3,(H,18,19). The quantitative estimate of drug-likeness (QED) is 0.866. The summed E-state index contributed by atoms with van der Waals surface area (Å²) in [6, 6.07) is 8.49. The summed E-state index contributed by atoms with van der Waals surface area (Å²) in [5.41, 5.74) is 0.870. The van der Waals surface area contributed by atoms with E-state index >= 15 is 0 Å². The molecule has 0 aliphatic carbocycles. The van der Waals surface area contributed by atoms with Crippen molar-refractivity contribution in [2.45, 2.75) is 20.3 Å². The first-order chi connectivity index (χ1) is 9.95. The van der Waals surface area contributed by atoms with Crippen LogP contribution in [0.25, 0.3) is 0 Å². The monoisotopic (exact) mass is 308 g/mol. The van der Waals surface area contributed by atoms with Gasteiger partial charge in [0.2, 0.25) is 5.76 Å². The normalized spacial score (nSPS) is 10.9. The Hall–Kier alpha value is -1.94. The summed E-state index contributed by atoms with van der Waals surface area (Å²) in [6.07, 6.45) is 0.432. The van der Waals surface area contributed by atoms with Gasteiger partial charge in [0.1, 0.15) is 11.5 Å². The molecule has 0 unspecified atom stereocenters. The zero-order chi connectivity index (χ0) is 15.4. The third-order valence-corrected chi connectivity index (χ3v) is 3.07. The van der Waals surface area contributed by atoms with Crippen molar-refractivity contribution in [2.75, 3.05) is 6.61 Å². The van der Waals surface area contributed by atoms with Gasteiger partial charge in [-0.05, 0) is 36.2 Å². The highest BCUT2D eigenvalue weighted by molar-refractivity contribution is 6.30. The molecule has 1 N–H and O–H groups in total. The van der Waals surface area contributed by atoms with Gasteiger partial charge in [-0.2, -0.15) is 0 Å². The number of carbonyl (C=O) groups is 1. The Bertz CT molecular complexity index is 631. The lowest BCUT2D eigenvalue weighted by molar-refractivity contribution is 0.0660. The molecule has 0 saturated heterocycles. The first-order valence-corrected chi connectivity index (χ1v) is 7.06. The fraction of sp³-hybridized carbons (Fsp3) is 0.312. The molecule has 21 heavy (non-hydrogen) atoms. The topological polar surface area (TPSA) is 59.7 Å². The van der Waals surface area contributed by atoms with Gasteiger partial charge < -0.3 is 14.3 Å². The van der Waals surface area contributed by atoms with Crippen LogP contribution in [0.5, 0.6) is 5.75 Å². The number of aromatic carboxylic acids is 1. The van der Waals surface area contributed by atoms with Gasteiger partial charge >= 0.3 is 5.97 Å². The van der Waals surface area contributed by atoms with Crippen LogP contribution >= 0.6 is 11.6 Å². The molecule has 0 aliphatic heterocycles. The minimum absolute atomic E-state index is 0.0725. The third-order valence-electron chi connectivity index (χ3n) is 2.83. The number of carboxylic acids is 1. The molecule has 0 amide bonds. The highest BCUT2D eigenvalue weighted by Crippen LogP contribution is 2.26. The van der Waals surface area contributed by atoms with Crippen LogP contribution in [0.1, 0.15) is 35.7 Å². The van der Waals surface area contributed by atoms with E-state index in [4.69, 9.17) is 25.9 Å². The molecule has 0 atom stereocenters. The zero-order valence-electron chi connectivity index (χ0n) is 11.9. The van der Waals surface area contributed by atoms with Crippen molar-refractivity contribution in [1.82, 2.24) is 0 Å². The molecule has 0 spiro atoms. The Kier molecular flexibility index (Phi) is 4.91. The summed E-state index contributed by atoms with van der Waals surface area (Å²) < 4.78 is 11.0. The van der Waals surface area contributed by atoms with Crippen molar-refractivity contribution >= 4 is 17.6 Å². The van der Waals surface area contributed by atoms with E-state index in [0.717, 1.165) is 11.3 Å². The molecule has 112 valence electrons. The molecule has 0 fully saturated rings. The predicted octanol–water partition coefficient (Wildman–Crippen LogP) is 4.26. The lowest BCUT2D eigenvalue weighted by Crippen LogP contribution is -2.06. The van der Waals surface area contributed by atoms with E-state index in [0.29, 0.717) is 29.7 Å². The van der Waals surface area contributed by atoms with Gasteiger partial charge in [0.25, 0.3) is 0 Å². The molecule has 5 heteroatoms. The molecular formula is C16H17ClO4. The fourth-order valence-corrected chi connectivity index (χ4v) is 2.05. The van der Waals surface area contributed by atoms with Crippen LogP contribution in [0.4, 0.5) is 0 Å². The molecule has 2 rings (SSSR count). The van der Waals surface area contributed by atoms with Crippen LogP contribution in [-0.4, -0.2) is 17.7 Å². The number of benzene rings is 1. The van der Waals surface area contributed by atoms with Gasteiger partial charge in [0.05, 0.1) is 6.61 Å². The maximum absolute atomic E-state index is 10.8. The molecule has 4 nitrogen and oxygen atoms in total. The number of hydrogen-bond donors (Lipinski definition) is 1. The average Bonchev–Trinajstić information content (AvgIpc) is 2.86. The number of hydrogen-bond acceptors (Lipinski definition) is 3. The van der Waals surface area contributed by atoms with Crippen LogP contribution in [0, 0.1) is 5.92 Å². The summed E-state index contributed by atoms with van der Waals surface area (Å²) in [4.78, 5) is 10.8. The van der Waals surface area contributed by atoms with Gasteiger partial charge in [0.15, 0.2) is 0 Å². The number of ether oxygens (including phenoxy) is 1. The largest absolute Gasteiger partial charge is 0.493 e. The summed E-state index contributed by atoms with van der Waals surface area (Å²) in [7, 11) is 0. The van der Waals surface area contributed by atoms with Crippen molar-refractivity contribution in [2.24, 2.45) is 5.92 Å². The van der Waals surface area contributed by atoms with Gasteiger partial charge in [0, 0.05) is 17.0 Å². The van der Waals surface area contributed by atoms with Crippen LogP contribution in [0.3, 0.4) is 0 Å². The van der Waals surface area contributed by atoms with Crippen molar-refractivity contribution in [3.05, 3.63) is 52.4 Å². The number of carboxylic acid groups (broad SMARTS) is 1. The number of halogens is 1. The molecule has 2 aromatic rings. The smallest absolute Gasteiger partial charge is 0.371 e. The molecular weight excluding hydrogens is 292 g/mol. The Labute approximate surface area is 128 Å². The molecule has 0 saturated carbocycles. The minimum atomic E-state index is -1.08. The lowest BCUT2D eigenvalue weighted by Gasteiger charge is -2.13. The average molecular weight is 309 g/mol. The number of rotatable bonds is 6. The van der Waals surface area contributed by atoms with E-state index < -0.39 is 5.97 Å². The Morgan fingerprint density at radius 2 is 2.10 bits per heavy atom. The Morgan fingerprint density at radius 3 is 2.71 bits per heavy atom. The predicted molar refractivity (Wildman–Crippen MR) is 80.3 cm³/mol.